The molecule has 3 rings (SSSR count). The van der Waals surface area contributed by atoms with E-state index in [1.807, 2.05) is 12.1 Å². The second-order valence-electron chi connectivity index (χ2n) is 6.92. The van der Waals surface area contributed by atoms with E-state index in [0.29, 0.717) is 53.1 Å². The molecule has 160 valence electrons. The molecular formula is C21H23ClN2O5S. The van der Waals surface area contributed by atoms with Crippen molar-refractivity contribution < 1.29 is 23.9 Å². The van der Waals surface area contributed by atoms with Crippen molar-refractivity contribution in [1.29, 1.82) is 0 Å². The van der Waals surface area contributed by atoms with Crippen molar-refractivity contribution in [1.82, 2.24) is 9.88 Å². The first-order chi connectivity index (χ1) is 14.4. The van der Waals surface area contributed by atoms with E-state index < -0.39 is 5.97 Å². The molecule has 1 aromatic carbocycles. The first kappa shape index (κ1) is 22.2. The molecule has 1 aliphatic heterocycles. The third kappa shape index (κ3) is 5.37. The van der Waals surface area contributed by atoms with Gasteiger partial charge in [0, 0.05) is 23.7 Å². The number of carbonyl (C=O) groups excluding carboxylic acids is 3. The van der Waals surface area contributed by atoms with Gasteiger partial charge in [-0.3, -0.25) is 9.59 Å². The molecule has 1 aliphatic rings. The maximum Gasteiger partial charge on any atom is 0.350 e. The van der Waals surface area contributed by atoms with E-state index in [1.54, 1.807) is 30.9 Å². The number of amides is 1. The molecule has 0 unspecified atom stereocenters. The van der Waals surface area contributed by atoms with Gasteiger partial charge in [-0.2, -0.15) is 0 Å². The maximum absolute atomic E-state index is 12.5. The SMILES string of the molecule is CCOC(=O)C1CCN(C(=O)COC(=O)c2sc(-c3ccc(Cl)cc3)nc2C)CC1. The Morgan fingerprint density at radius 2 is 1.83 bits per heavy atom. The van der Waals surface area contributed by atoms with Crippen LogP contribution < -0.4 is 0 Å². The summed E-state index contributed by atoms with van der Waals surface area (Å²) in [5.74, 6) is -1.23. The van der Waals surface area contributed by atoms with Crippen LogP contribution in [0.5, 0.6) is 0 Å². The fourth-order valence-electron chi connectivity index (χ4n) is 3.21. The highest BCUT2D eigenvalue weighted by atomic mass is 35.5. The van der Waals surface area contributed by atoms with Crippen LogP contribution in [0.25, 0.3) is 10.6 Å². The molecule has 2 aromatic rings. The third-order valence-electron chi connectivity index (χ3n) is 4.87. The zero-order valence-electron chi connectivity index (χ0n) is 16.9. The van der Waals surface area contributed by atoms with Crippen LogP contribution in [0.3, 0.4) is 0 Å². The summed E-state index contributed by atoms with van der Waals surface area (Å²) >= 11 is 7.13. The molecule has 0 aliphatic carbocycles. The number of nitrogens with zero attached hydrogens (tertiary/aromatic N) is 2. The van der Waals surface area contributed by atoms with Crippen LogP contribution in [0.4, 0.5) is 0 Å². The van der Waals surface area contributed by atoms with Crippen LogP contribution in [0.1, 0.15) is 35.1 Å². The number of carbonyl (C=O) groups is 3. The van der Waals surface area contributed by atoms with Gasteiger partial charge in [-0.1, -0.05) is 23.7 Å². The van der Waals surface area contributed by atoms with E-state index >= 15 is 0 Å². The van der Waals surface area contributed by atoms with Gasteiger partial charge in [-0.25, -0.2) is 9.78 Å². The fraction of sp³-hybridized carbons (Fsp3) is 0.429. The van der Waals surface area contributed by atoms with Crippen molar-refractivity contribution in [2.45, 2.75) is 26.7 Å². The van der Waals surface area contributed by atoms with E-state index in [1.165, 1.54) is 11.3 Å². The summed E-state index contributed by atoms with van der Waals surface area (Å²) in [5, 5.41) is 1.31. The Bertz CT molecular complexity index is 920. The van der Waals surface area contributed by atoms with Crippen LogP contribution >= 0.6 is 22.9 Å². The van der Waals surface area contributed by atoms with Gasteiger partial charge in [0.05, 0.1) is 18.2 Å². The summed E-state index contributed by atoms with van der Waals surface area (Å²) in [6.45, 7) is 4.41. The van der Waals surface area contributed by atoms with Crippen molar-refractivity contribution in [2.24, 2.45) is 5.92 Å². The highest BCUT2D eigenvalue weighted by molar-refractivity contribution is 7.17. The van der Waals surface area contributed by atoms with Gasteiger partial charge in [0.1, 0.15) is 9.88 Å². The number of piperidine rings is 1. The minimum atomic E-state index is -0.569. The van der Waals surface area contributed by atoms with Crippen molar-refractivity contribution in [3.8, 4) is 10.6 Å². The predicted molar refractivity (Wildman–Crippen MR) is 114 cm³/mol. The Morgan fingerprint density at radius 1 is 1.17 bits per heavy atom. The second kappa shape index (κ2) is 10.0. The molecule has 1 fully saturated rings. The molecular weight excluding hydrogens is 428 g/mol. The van der Waals surface area contributed by atoms with Gasteiger partial charge < -0.3 is 14.4 Å². The van der Waals surface area contributed by atoms with Crippen LogP contribution in [0.15, 0.2) is 24.3 Å². The molecule has 0 spiro atoms. The van der Waals surface area contributed by atoms with Crippen LogP contribution in [-0.4, -0.2) is 54.0 Å². The molecule has 2 heterocycles. The van der Waals surface area contributed by atoms with Crippen molar-refractivity contribution in [3.05, 3.63) is 39.9 Å². The number of halogens is 1. The number of ether oxygens (including phenoxy) is 2. The van der Waals surface area contributed by atoms with E-state index in [0.717, 1.165) is 5.56 Å². The van der Waals surface area contributed by atoms with Gasteiger partial charge in [0.25, 0.3) is 5.91 Å². The number of benzene rings is 1. The van der Waals surface area contributed by atoms with Crippen LogP contribution in [0, 0.1) is 12.8 Å². The van der Waals surface area contributed by atoms with Gasteiger partial charge in [-0.05, 0) is 38.8 Å². The zero-order valence-corrected chi connectivity index (χ0v) is 18.4. The lowest BCUT2D eigenvalue weighted by molar-refractivity contribution is -0.151. The normalized spacial score (nSPS) is 14.4. The minimum Gasteiger partial charge on any atom is -0.466 e. The van der Waals surface area contributed by atoms with E-state index in [4.69, 9.17) is 21.1 Å². The zero-order chi connectivity index (χ0) is 21.7. The third-order valence-corrected chi connectivity index (χ3v) is 6.31. The van der Waals surface area contributed by atoms with E-state index in [-0.39, 0.29) is 24.4 Å². The smallest absolute Gasteiger partial charge is 0.350 e. The first-order valence-corrected chi connectivity index (χ1v) is 10.9. The Morgan fingerprint density at radius 3 is 2.47 bits per heavy atom. The Balaban J connectivity index is 1.53. The molecule has 0 N–H and O–H groups in total. The highest BCUT2D eigenvalue weighted by Gasteiger charge is 2.29. The summed E-state index contributed by atoms with van der Waals surface area (Å²) < 4.78 is 10.3. The molecule has 30 heavy (non-hydrogen) atoms. The number of aryl methyl sites for hydroxylation is 1. The molecule has 0 radical (unpaired) electrons. The highest BCUT2D eigenvalue weighted by Crippen LogP contribution is 2.29. The summed E-state index contributed by atoms with van der Waals surface area (Å²) in [5.41, 5.74) is 1.41. The second-order valence-corrected chi connectivity index (χ2v) is 8.36. The van der Waals surface area contributed by atoms with Gasteiger partial charge in [-0.15, -0.1) is 11.3 Å². The minimum absolute atomic E-state index is 0.178. The van der Waals surface area contributed by atoms with Crippen molar-refractivity contribution >= 4 is 40.8 Å². The van der Waals surface area contributed by atoms with Crippen LogP contribution in [-0.2, 0) is 19.1 Å². The largest absolute Gasteiger partial charge is 0.466 e. The van der Waals surface area contributed by atoms with E-state index in [2.05, 4.69) is 4.98 Å². The number of thiazole rings is 1. The number of hydrogen-bond acceptors (Lipinski definition) is 7. The van der Waals surface area contributed by atoms with Gasteiger partial charge in [0.2, 0.25) is 0 Å². The molecule has 7 nitrogen and oxygen atoms in total. The summed E-state index contributed by atoms with van der Waals surface area (Å²) in [4.78, 5) is 43.0. The Labute approximate surface area is 183 Å². The first-order valence-electron chi connectivity index (χ1n) is 9.74. The fourth-order valence-corrected chi connectivity index (χ4v) is 4.30. The van der Waals surface area contributed by atoms with Gasteiger partial charge >= 0.3 is 11.9 Å². The Kier molecular flexibility index (Phi) is 7.44. The quantitative estimate of drug-likeness (QED) is 0.623. The monoisotopic (exact) mass is 450 g/mol. The molecule has 0 bridgehead atoms. The summed E-state index contributed by atoms with van der Waals surface area (Å²) in [6, 6.07) is 7.18. The molecule has 1 aromatic heterocycles. The molecule has 0 saturated carbocycles. The van der Waals surface area contributed by atoms with Gasteiger partial charge in [0.15, 0.2) is 6.61 Å². The van der Waals surface area contributed by atoms with Crippen molar-refractivity contribution in [3.63, 3.8) is 0 Å². The standard InChI is InChI=1S/C21H23ClN2O5S/c1-3-28-20(26)15-8-10-24(11-9-15)17(25)12-29-21(27)18-13(2)23-19(30-18)14-4-6-16(22)7-5-14/h4-7,15H,3,8-12H2,1-2H3. The molecule has 1 amide bonds. The summed E-state index contributed by atoms with van der Waals surface area (Å²) in [6.07, 6.45) is 1.11. The Hall–Kier alpha value is -2.45. The van der Waals surface area contributed by atoms with E-state index in [9.17, 15) is 14.4 Å². The molecule has 0 atom stereocenters. The topological polar surface area (TPSA) is 85.8 Å². The number of esters is 2. The lowest BCUT2D eigenvalue weighted by Crippen LogP contribution is -2.42. The molecule has 9 heteroatoms. The maximum atomic E-state index is 12.5. The lowest BCUT2D eigenvalue weighted by atomic mass is 9.97. The number of likely N-dealkylation sites (tertiary alicyclic amines) is 1. The number of hydrogen-bond donors (Lipinski definition) is 0. The average Bonchev–Trinajstić information content (AvgIpc) is 3.14. The summed E-state index contributed by atoms with van der Waals surface area (Å²) in [7, 11) is 0. The number of aromatic nitrogens is 1. The molecule has 1 saturated heterocycles. The van der Waals surface area contributed by atoms with Crippen molar-refractivity contribution in [2.75, 3.05) is 26.3 Å². The lowest BCUT2D eigenvalue weighted by Gasteiger charge is -2.30. The number of rotatable bonds is 6. The predicted octanol–water partition coefficient (Wildman–Crippen LogP) is 3.73. The van der Waals surface area contributed by atoms with Crippen LogP contribution in [0.2, 0.25) is 5.02 Å². The average molecular weight is 451 g/mol.